The van der Waals surface area contributed by atoms with E-state index in [1.165, 1.54) is 12.1 Å². The molecule has 2 aromatic carbocycles. The Balaban J connectivity index is 1.48. The van der Waals surface area contributed by atoms with Gasteiger partial charge in [-0.15, -0.1) is 23.4 Å². The van der Waals surface area contributed by atoms with Gasteiger partial charge in [-0.2, -0.15) is 5.21 Å². The summed E-state index contributed by atoms with van der Waals surface area (Å²) in [6.45, 7) is 5.38. The highest BCUT2D eigenvalue weighted by Gasteiger charge is 2.31. The maximum atomic E-state index is 12.5. The molecule has 2 aromatic heterocycles. The second-order valence-corrected chi connectivity index (χ2v) is 8.92. The van der Waals surface area contributed by atoms with Crippen molar-refractivity contribution in [1.82, 2.24) is 30.6 Å². The Kier molecular flexibility index (Phi) is 9.29. The van der Waals surface area contributed by atoms with Crippen LogP contribution >= 0.6 is 0 Å². The lowest BCUT2D eigenvalue weighted by Gasteiger charge is -2.23. The molecule has 0 unspecified atom stereocenters. The lowest BCUT2D eigenvalue weighted by atomic mass is 10.0. The number of nitrogens with one attached hydrogen (secondary N) is 1. The summed E-state index contributed by atoms with van der Waals surface area (Å²) in [5, 5.41) is 13.8. The Morgan fingerprint density at radius 2 is 1.67 bits per heavy atom. The fourth-order valence-corrected chi connectivity index (χ4v) is 4.00. The van der Waals surface area contributed by atoms with Crippen molar-refractivity contribution in [1.29, 1.82) is 0 Å². The van der Waals surface area contributed by atoms with Gasteiger partial charge in [0.25, 0.3) is 0 Å². The van der Waals surface area contributed by atoms with Crippen molar-refractivity contribution in [2.75, 3.05) is 11.4 Å². The smallest absolute Gasteiger partial charge is 0.485 e. The third kappa shape index (κ3) is 8.39. The van der Waals surface area contributed by atoms with Crippen LogP contribution in [-0.4, -0.2) is 43.5 Å². The van der Waals surface area contributed by atoms with Crippen molar-refractivity contribution >= 4 is 5.95 Å². The van der Waals surface area contributed by atoms with Crippen LogP contribution in [0.1, 0.15) is 48.3 Å². The van der Waals surface area contributed by atoms with Crippen LogP contribution < -0.4 is 14.4 Å². The zero-order valence-electron chi connectivity index (χ0n) is 21.8. The summed E-state index contributed by atoms with van der Waals surface area (Å²) in [5.41, 5.74) is 4.04. The Bertz CT molecular complexity index is 1300. The largest absolute Gasteiger partial charge is 0.573 e. The molecule has 0 aliphatic heterocycles. The van der Waals surface area contributed by atoms with Crippen LogP contribution in [0, 0.1) is 0 Å². The van der Waals surface area contributed by atoms with Gasteiger partial charge in [0.1, 0.15) is 11.5 Å². The number of hydrogen-bond donors (Lipinski definition) is 1. The molecule has 1 N–H and O–H groups in total. The van der Waals surface area contributed by atoms with Crippen molar-refractivity contribution in [2.24, 2.45) is 0 Å². The molecule has 0 bridgehead atoms. The normalized spacial score (nSPS) is 11.4. The summed E-state index contributed by atoms with van der Waals surface area (Å²) in [5.74, 6) is 1.55. The number of halogens is 3. The van der Waals surface area contributed by atoms with Crippen LogP contribution in [0.4, 0.5) is 19.1 Å². The van der Waals surface area contributed by atoms with Gasteiger partial charge < -0.3 is 14.4 Å². The van der Waals surface area contributed by atoms with Gasteiger partial charge in [-0.1, -0.05) is 49.7 Å². The summed E-state index contributed by atoms with van der Waals surface area (Å²) < 4.78 is 47.5. The average molecular weight is 542 g/mol. The van der Waals surface area contributed by atoms with Gasteiger partial charge in [-0.3, -0.25) is 0 Å². The van der Waals surface area contributed by atoms with Crippen LogP contribution in [0.2, 0.25) is 0 Å². The molecule has 9 nitrogen and oxygen atoms in total. The maximum absolute atomic E-state index is 12.5. The Morgan fingerprint density at radius 1 is 0.923 bits per heavy atom. The molecule has 0 spiro atoms. The van der Waals surface area contributed by atoms with E-state index in [2.05, 4.69) is 48.3 Å². The number of nitrogens with zero attached hydrogens (tertiary/aromatic N) is 6. The first kappa shape index (κ1) is 27.8. The number of ether oxygens (including phenoxy) is 2. The van der Waals surface area contributed by atoms with Gasteiger partial charge in [0.2, 0.25) is 11.8 Å². The molecule has 0 saturated carbocycles. The van der Waals surface area contributed by atoms with Crippen molar-refractivity contribution in [2.45, 2.75) is 59.0 Å². The summed E-state index contributed by atoms with van der Waals surface area (Å²) in [7, 11) is 0. The lowest BCUT2D eigenvalue weighted by Crippen LogP contribution is -2.27. The number of hydrogen-bond acceptors (Lipinski definition) is 8. The minimum atomic E-state index is -4.73. The molecular weight excluding hydrogens is 511 g/mol. The van der Waals surface area contributed by atoms with Crippen LogP contribution in [0.5, 0.6) is 11.5 Å². The second kappa shape index (κ2) is 13.0. The monoisotopic (exact) mass is 541 g/mol. The topological polar surface area (TPSA) is 102 Å². The summed E-state index contributed by atoms with van der Waals surface area (Å²) >= 11 is 0. The lowest BCUT2D eigenvalue weighted by molar-refractivity contribution is -0.274. The van der Waals surface area contributed by atoms with E-state index in [9.17, 15) is 13.2 Å². The van der Waals surface area contributed by atoms with E-state index in [-0.39, 0.29) is 12.4 Å². The molecule has 0 saturated heterocycles. The van der Waals surface area contributed by atoms with E-state index in [4.69, 9.17) is 4.74 Å². The average Bonchev–Trinajstić information content (AvgIpc) is 3.45. The third-order valence-corrected chi connectivity index (χ3v) is 5.97. The number of H-pyrrole nitrogens is 1. The molecule has 0 atom stereocenters. The van der Waals surface area contributed by atoms with Gasteiger partial charge in [-0.25, -0.2) is 9.97 Å². The molecule has 0 aliphatic rings. The molecule has 0 radical (unpaired) electrons. The van der Waals surface area contributed by atoms with E-state index in [1.807, 2.05) is 24.0 Å². The molecule has 0 fully saturated rings. The quantitative estimate of drug-likeness (QED) is 0.246. The van der Waals surface area contributed by atoms with Crippen molar-refractivity contribution in [3.05, 3.63) is 82.9 Å². The summed E-state index contributed by atoms with van der Waals surface area (Å²) in [6, 6.07) is 12.0. The molecule has 206 valence electrons. The number of aromatic amines is 1. The fourth-order valence-electron chi connectivity index (χ4n) is 4.00. The second-order valence-electron chi connectivity index (χ2n) is 8.92. The van der Waals surface area contributed by atoms with Crippen molar-refractivity contribution < 1.29 is 22.6 Å². The Morgan fingerprint density at radius 3 is 2.31 bits per heavy atom. The maximum Gasteiger partial charge on any atom is 0.573 e. The third-order valence-electron chi connectivity index (χ3n) is 5.97. The highest BCUT2D eigenvalue weighted by Crippen LogP contribution is 2.25. The minimum Gasteiger partial charge on any atom is -0.485 e. The fraction of sp³-hybridized carbons (Fsp3) is 0.370. The van der Waals surface area contributed by atoms with Gasteiger partial charge >= 0.3 is 6.36 Å². The van der Waals surface area contributed by atoms with Gasteiger partial charge in [-0.05, 0) is 59.7 Å². The van der Waals surface area contributed by atoms with Crippen LogP contribution in [0.25, 0.3) is 0 Å². The van der Waals surface area contributed by atoms with Gasteiger partial charge in [0.05, 0.1) is 0 Å². The molecule has 12 heteroatoms. The van der Waals surface area contributed by atoms with Crippen molar-refractivity contribution in [3.8, 4) is 11.5 Å². The van der Waals surface area contributed by atoms with Crippen molar-refractivity contribution in [3.63, 3.8) is 0 Å². The highest BCUT2D eigenvalue weighted by molar-refractivity contribution is 5.39. The molecule has 4 aromatic rings. The summed E-state index contributed by atoms with van der Waals surface area (Å²) in [4.78, 5) is 11.1. The highest BCUT2D eigenvalue weighted by atomic mass is 19.4. The predicted octanol–water partition coefficient (Wildman–Crippen LogP) is 5.23. The molecule has 4 rings (SSSR count). The van der Waals surface area contributed by atoms with Gasteiger partial charge in [0, 0.05) is 25.5 Å². The molecule has 0 amide bonds. The van der Waals surface area contributed by atoms with Crippen LogP contribution in [-0.2, 0) is 32.4 Å². The molecule has 39 heavy (non-hydrogen) atoms. The zero-order chi connectivity index (χ0) is 27.7. The number of anilines is 1. The van der Waals surface area contributed by atoms with E-state index in [0.717, 1.165) is 47.3 Å². The molecule has 0 aliphatic carbocycles. The Labute approximate surface area is 224 Å². The number of rotatable bonds is 13. The Hall–Kier alpha value is -4.22. The number of benzene rings is 2. The first-order chi connectivity index (χ1) is 18.8. The minimum absolute atomic E-state index is 0.220. The number of alkyl halides is 3. The molecule has 2 heterocycles. The number of aromatic nitrogens is 6. The van der Waals surface area contributed by atoms with Crippen LogP contribution in [0.3, 0.4) is 0 Å². The first-order valence-corrected chi connectivity index (χ1v) is 12.7. The number of tetrazole rings is 1. The number of aryl methyl sites for hydroxylation is 2. The zero-order valence-corrected chi connectivity index (χ0v) is 21.8. The predicted molar refractivity (Wildman–Crippen MR) is 138 cm³/mol. The summed E-state index contributed by atoms with van der Waals surface area (Å²) in [6.07, 6.45) is 2.20. The molecular formula is C27H30F3N7O2. The SMILES string of the molecule is CCCc1cc(CCN(Cc2ccc(OC(F)(F)F)cc2)c2ncc(CC)cn2)ccc1OCc1nn[nH]n1. The standard InChI is InChI=1S/C27H30F3N7O2/c1-3-5-22-14-20(8-11-24(22)38-18-25-33-35-36-34-25)12-13-37(26-31-15-19(4-2)16-32-26)17-21-6-9-23(10-7-21)39-27(28,29)30/h6-11,14-16H,3-5,12-13,17-18H2,1-2H3,(H,33,34,35,36). The van der Waals surface area contributed by atoms with E-state index in [0.29, 0.717) is 31.3 Å². The van der Waals surface area contributed by atoms with E-state index < -0.39 is 6.36 Å². The van der Waals surface area contributed by atoms with Gasteiger partial charge in [0.15, 0.2) is 6.61 Å². The first-order valence-electron chi connectivity index (χ1n) is 12.7. The van der Waals surface area contributed by atoms with Crippen LogP contribution in [0.15, 0.2) is 54.9 Å². The van der Waals surface area contributed by atoms with E-state index >= 15 is 0 Å². The van der Waals surface area contributed by atoms with E-state index in [1.54, 1.807) is 24.5 Å².